The zero-order chi connectivity index (χ0) is 28.8. The molecule has 39 heavy (non-hydrogen) atoms. The third-order valence-electron chi connectivity index (χ3n) is 6.61. The van der Waals surface area contributed by atoms with Crippen LogP contribution in [-0.2, 0) is 42.5 Å². The van der Waals surface area contributed by atoms with E-state index in [1.165, 1.54) is 27.9 Å². The highest BCUT2D eigenvalue weighted by Gasteiger charge is 2.55. The molecule has 5 atom stereocenters. The van der Waals surface area contributed by atoms with Gasteiger partial charge < -0.3 is 28.1 Å². The van der Waals surface area contributed by atoms with Crippen LogP contribution in [0.25, 0.3) is 0 Å². The first-order valence-corrected chi connectivity index (χ1v) is 14.8. The van der Waals surface area contributed by atoms with Gasteiger partial charge in [-0.05, 0) is 15.4 Å². The second kappa shape index (κ2) is 12.9. The number of hydrogen-bond donors (Lipinski definition) is 0. The molecule has 1 aliphatic heterocycles. The van der Waals surface area contributed by atoms with Gasteiger partial charge in [0.2, 0.25) is 0 Å². The molecule has 2 aromatic carbocycles. The van der Waals surface area contributed by atoms with Crippen LogP contribution >= 0.6 is 0 Å². The van der Waals surface area contributed by atoms with E-state index in [1.54, 1.807) is 0 Å². The van der Waals surface area contributed by atoms with E-state index in [-0.39, 0.29) is 11.6 Å². The number of ether oxygens (including phenoxy) is 5. The molecule has 9 nitrogen and oxygen atoms in total. The summed E-state index contributed by atoms with van der Waals surface area (Å²) in [6.45, 7) is 10.1. The highest BCUT2D eigenvalue weighted by molar-refractivity contribution is 6.99. The molecule has 0 spiro atoms. The quantitative estimate of drug-likeness (QED) is 0.261. The minimum atomic E-state index is -2.99. The first-order chi connectivity index (χ1) is 18.4. The van der Waals surface area contributed by atoms with Crippen molar-refractivity contribution in [3.8, 4) is 0 Å². The van der Waals surface area contributed by atoms with Crippen LogP contribution < -0.4 is 10.4 Å². The second-order valence-corrected chi connectivity index (χ2v) is 14.8. The summed E-state index contributed by atoms with van der Waals surface area (Å²) in [6, 6.07) is 20.1. The number of hydrogen-bond acceptors (Lipinski definition) is 9. The Labute approximate surface area is 230 Å². The zero-order valence-electron chi connectivity index (χ0n) is 23.5. The minimum absolute atomic E-state index is 0.0182. The average molecular weight is 559 g/mol. The highest BCUT2D eigenvalue weighted by Crippen LogP contribution is 2.38. The van der Waals surface area contributed by atoms with E-state index in [1.807, 2.05) is 36.4 Å². The molecule has 0 bridgehead atoms. The van der Waals surface area contributed by atoms with Gasteiger partial charge in [-0.25, -0.2) is 0 Å². The van der Waals surface area contributed by atoms with Gasteiger partial charge in [0.25, 0.3) is 8.32 Å². The maximum Gasteiger partial charge on any atom is 0.303 e. The van der Waals surface area contributed by atoms with Crippen molar-refractivity contribution < 1.29 is 42.5 Å². The van der Waals surface area contributed by atoms with Crippen molar-refractivity contribution in [2.75, 3.05) is 13.7 Å². The van der Waals surface area contributed by atoms with Crippen molar-refractivity contribution in [3.05, 3.63) is 60.7 Å². The number of esters is 3. The lowest BCUT2D eigenvalue weighted by Gasteiger charge is -2.47. The third-order valence-corrected chi connectivity index (χ3v) is 11.6. The van der Waals surface area contributed by atoms with E-state index < -0.39 is 56.9 Å². The van der Waals surface area contributed by atoms with Gasteiger partial charge in [0.1, 0.15) is 6.10 Å². The molecule has 0 N–H and O–H groups in total. The van der Waals surface area contributed by atoms with Crippen LogP contribution in [0.2, 0.25) is 5.04 Å². The second-order valence-electron chi connectivity index (χ2n) is 10.5. The zero-order valence-corrected chi connectivity index (χ0v) is 24.5. The normalized spacial score (nSPS) is 23.5. The van der Waals surface area contributed by atoms with Crippen LogP contribution in [0.1, 0.15) is 41.5 Å². The van der Waals surface area contributed by atoms with Gasteiger partial charge in [-0.15, -0.1) is 0 Å². The summed E-state index contributed by atoms with van der Waals surface area (Å²) in [4.78, 5) is 36.2. The summed E-state index contributed by atoms with van der Waals surface area (Å²) < 4.78 is 35.3. The minimum Gasteiger partial charge on any atom is -0.456 e. The molecule has 1 fully saturated rings. The molecule has 0 radical (unpaired) electrons. The summed E-state index contributed by atoms with van der Waals surface area (Å²) in [5.41, 5.74) is 0. The number of carbonyl (C=O) groups excluding carboxylic acids is 3. The SMILES string of the molecule is CO[C@@H]1O[C@H](CO[Si](c2ccccc2)(c2ccccc2)C(C)(C)C)[C@H](OC(C)=O)[C@H](OC(C)=O)[C@H]1OC(C)=O. The molecule has 1 saturated heterocycles. The van der Waals surface area contributed by atoms with Gasteiger partial charge in [0.05, 0.1) is 6.61 Å². The van der Waals surface area contributed by atoms with Gasteiger partial charge in [-0.3, -0.25) is 14.4 Å². The predicted molar refractivity (Wildman–Crippen MR) is 146 cm³/mol. The molecule has 1 heterocycles. The van der Waals surface area contributed by atoms with Crippen molar-refractivity contribution >= 4 is 36.6 Å². The summed E-state index contributed by atoms with van der Waals surface area (Å²) in [6.07, 6.45) is -5.47. The van der Waals surface area contributed by atoms with Crippen LogP contribution in [-0.4, -0.2) is 70.6 Å². The van der Waals surface area contributed by atoms with Gasteiger partial charge in [0, 0.05) is 27.9 Å². The molecule has 0 aromatic heterocycles. The van der Waals surface area contributed by atoms with Crippen LogP contribution in [0.4, 0.5) is 0 Å². The van der Waals surface area contributed by atoms with Crippen LogP contribution in [0.3, 0.4) is 0 Å². The fourth-order valence-electron chi connectivity index (χ4n) is 5.15. The van der Waals surface area contributed by atoms with Crippen LogP contribution in [0.15, 0.2) is 60.7 Å². The standard InChI is InChI=1S/C29H38O9Si/c1-19(30)35-25-24(38-28(33-7)27(37-21(3)32)26(25)36-20(2)31)18-34-39(29(4,5)6,22-14-10-8-11-15-22)23-16-12-9-13-17-23/h8-17,24-28H,18H2,1-7H3/t24-,25+,26+,27-,28-/m1/s1. The summed E-state index contributed by atoms with van der Waals surface area (Å²) >= 11 is 0. The Bertz CT molecular complexity index is 1080. The van der Waals surface area contributed by atoms with Gasteiger partial charge >= 0.3 is 17.9 Å². The molecule has 0 saturated carbocycles. The molecule has 2 aromatic rings. The van der Waals surface area contributed by atoms with Crippen molar-refractivity contribution in [3.63, 3.8) is 0 Å². The maximum atomic E-state index is 12.2. The number of methoxy groups -OCH3 is 1. The van der Waals surface area contributed by atoms with Crippen molar-refractivity contribution in [1.82, 2.24) is 0 Å². The predicted octanol–water partition coefficient (Wildman–Crippen LogP) is 2.73. The first kappa shape index (κ1) is 30.5. The smallest absolute Gasteiger partial charge is 0.303 e. The van der Waals surface area contributed by atoms with Gasteiger partial charge in [0.15, 0.2) is 24.6 Å². The molecular weight excluding hydrogens is 520 g/mol. The summed E-state index contributed by atoms with van der Waals surface area (Å²) in [5, 5.41) is 1.79. The average Bonchev–Trinajstić information content (AvgIpc) is 2.87. The number of benzene rings is 2. The highest BCUT2D eigenvalue weighted by atomic mass is 28.4. The van der Waals surface area contributed by atoms with E-state index in [0.29, 0.717) is 0 Å². The lowest BCUT2D eigenvalue weighted by atomic mass is 9.98. The van der Waals surface area contributed by atoms with Crippen molar-refractivity contribution in [2.24, 2.45) is 0 Å². The van der Waals surface area contributed by atoms with Gasteiger partial charge in [-0.2, -0.15) is 0 Å². The van der Waals surface area contributed by atoms with E-state index in [9.17, 15) is 14.4 Å². The fraction of sp³-hybridized carbons (Fsp3) is 0.483. The van der Waals surface area contributed by atoms with E-state index in [2.05, 4.69) is 45.0 Å². The first-order valence-electron chi connectivity index (χ1n) is 12.9. The molecule has 1 aliphatic rings. The Morgan fingerprint density at radius 2 is 1.18 bits per heavy atom. The third kappa shape index (κ3) is 6.94. The maximum absolute atomic E-state index is 12.2. The van der Waals surface area contributed by atoms with Crippen LogP contribution in [0, 0.1) is 0 Å². The van der Waals surface area contributed by atoms with Crippen LogP contribution in [0.5, 0.6) is 0 Å². The molecule has 0 unspecified atom stereocenters. The molecule has 0 aliphatic carbocycles. The van der Waals surface area contributed by atoms with E-state index >= 15 is 0 Å². The number of rotatable bonds is 9. The Morgan fingerprint density at radius 1 is 0.744 bits per heavy atom. The summed E-state index contributed by atoms with van der Waals surface area (Å²) in [7, 11) is -1.60. The molecule has 3 rings (SSSR count). The Morgan fingerprint density at radius 3 is 1.59 bits per heavy atom. The largest absolute Gasteiger partial charge is 0.456 e. The molecule has 0 amide bonds. The molecule has 212 valence electrons. The Balaban J connectivity index is 2.09. The van der Waals surface area contributed by atoms with Crippen molar-refractivity contribution in [1.29, 1.82) is 0 Å². The number of carbonyl (C=O) groups is 3. The van der Waals surface area contributed by atoms with Crippen molar-refractivity contribution in [2.45, 2.75) is 77.3 Å². The lowest BCUT2D eigenvalue weighted by Crippen LogP contribution is -2.68. The summed E-state index contributed by atoms with van der Waals surface area (Å²) in [5.74, 6) is -1.89. The lowest BCUT2D eigenvalue weighted by molar-refractivity contribution is -0.301. The monoisotopic (exact) mass is 558 g/mol. The Kier molecular flexibility index (Phi) is 10.1. The van der Waals surface area contributed by atoms with Gasteiger partial charge in [-0.1, -0.05) is 81.4 Å². The fourth-order valence-corrected chi connectivity index (χ4v) is 9.72. The Hall–Kier alpha value is -3.05. The van der Waals surface area contributed by atoms with E-state index in [4.69, 9.17) is 28.1 Å². The topological polar surface area (TPSA) is 107 Å². The molecular formula is C29H38O9Si. The van der Waals surface area contributed by atoms with E-state index in [0.717, 1.165) is 10.4 Å². The molecule has 10 heteroatoms.